The van der Waals surface area contributed by atoms with Crippen molar-refractivity contribution in [3.8, 4) is 0 Å². The molecular weight excluding hydrogens is 415 g/mol. The maximum absolute atomic E-state index is 6.18. The Morgan fingerprint density at radius 1 is 1.21 bits per heavy atom. The topological polar surface area (TPSA) is 24.9 Å². The highest BCUT2D eigenvalue weighted by Crippen LogP contribution is 2.37. The number of hydrogen-bond donors (Lipinski definition) is 0. The second-order valence-electron chi connectivity index (χ2n) is 7.87. The van der Waals surface area contributed by atoms with Crippen LogP contribution in [-0.4, -0.2) is 67.0 Å². The molecule has 1 saturated heterocycles. The van der Waals surface area contributed by atoms with Crippen LogP contribution in [0.2, 0.25) is 10.0 Å². The molecular formula is C21H30Cl2N2O2S. The van der Waals surface area contributed by atoms with Crippen LogP contribution in [0, 0.1) is 0 Å². The molecule has 7 heteroatoms. The summed E-state index contributed by atoms with van der Waals surface area (Å²) in [6.45, 7) is 2.34. The number of ether oxygens (including phenoxy) is 2. The van der Waals surface area contributed by atoms with Crippen molar-refractivity contribution in [3.05, 3.63) is 33.8 Å². The van der Waals surface area contributed by atoms with Gasteiger partial charge in [0, 0.05) is 52.6 Å². The maximum atomic E-state index is 6.18. The minimum atomic E-state index is -0.533. The lowest BCUT2D eigenvalue weighted by Gasteiger charge is -2.49. The third-order valence-electron chi connectivity index (χ3n) is 6.37. The third-order valence-corrected chi connectivity index (χ3v) is 7.54. The van der Waals surface area contributed by atoms with E-state index in [0.717, 1.165) is 29.8 Å². The number of hydrogen-bond acceptors (Lipinski definition) is 4. The van der Waals surface area contributed by atoms with Crippen LogP contribution in [0.5, 0.6) is 0 Å². The van der Waals surface area contributed by atoms with Crippen LogP contribution in [0.15, 0.2) is 18.2 Å². The highest BCUT2D eigenvalue weighted by Gasteiger charge is 2.45. The summed E-state index contributed by atoms with van der Waals surface area (Å²) >= 11 is 18.1. The van der Waals surface area contributed by atoms with Crippen molar-refractivity contribution < 1.29 is 9.47 Å². The first kappa shape index (κ1) is 22.3. The van der Waals surface area contributed by atoms with E-state index in [-0.39, 0.29) is 6.04 Å². The van der Waals surface area contributed by atoms with Crippen LogP contribution in [0.1, 0.15) is 37.7 Å². The monoisotopic (exact) mass is 444 g/mol. The molecule has 4 nitrogen and oxygen atoms in total. The van der Waals surface area contributed by atoms with Crippen LogP contribution in [0.4, 0.5) is 0 Å². The van der Waals surface area contributed by atoms with Gasteiger partial charge in [0.15, 0.2) is 5.79 Å². The van der Waals surface area contributed by atoms with E-state index in [2.05, 4.69) is 16.8 Å². The van der Waals surface area contributed by atoms with Crippen LogP contribution in [-0.2, 0) is 15.9 Å². The lowest BCUT2D eigenvalue weighted by molar-refractivity contribution is -0.236. The molecule has 3 rings (SSSR count). The van der Waals surface area contributed by atoms with Gasteiger partial charge < -0.3 is 14.4 Å². The Morgan fingerprint density at radius 2 is 1.89 bits per heavy atom. The summed E-state index contributed by atoms with van der Waals surface area (Å²) in [6.07, 6.45) is 5.98. The lowest BCUT2D eigenvalue weighted by Crippen LogP contribution is -2.59. The smallest absolute Gasteiger partial charge is 0.169 e. The van der Waals surface area contributed by atoms with Gasteiger partial charge in [0.05, 0.1) is 15.0 Å². The molecule has 0 radical (unpaired) electrons. The first-order valence-electron chi connectivity index (χ1n) is 9.93. The molecule has 2 unspecified atom stereocenters. The summed E-state index contributed by atoms with van der Waals surface area (Å²) in [4.78, 5) is 5.78. The van der Waals surface area contributed by atoms with E-state index >= 15 is 0 Å². The zero-order chi connectivity index (χ0) is 20.3. The lowest BCUT2D eigenvalue weighted by atomic mass is 9.83. The quantitative estimate of drug-likeness (QED) is 0.463. The molecule has 0 bridgehead atoms. The van der Waals surface area contributed by atoms with Crippen molar-refractivity contribution in [3.63, 3.8) is 0 Å². The highest BCUT2D eigenvalue weighted by atomic mass is 35.5. The van der Waals surface area contributed by atoms with E-state index in [4.69, 9.17) is 44.9 Å². The average molecular weight is 445 g/mol. The number of halogens is 2. The molecule has 2 atom stereocenters. The van der Waals surface area contributed by atoms with Crippen molar-refractivity contribution in [2.75, 3.05) is 34.4 Å². The zero-order valence-electron chi connectivity index (χ0n) is 16.9. The predicted octanol–water partition coefficient (Wildman–Crippen LogP) is 4.80. The van der Waals surface area contributed by atoms with E-state index in [9.17, 15) is 0 Å². The molecule has 2 aliphatic rings. The van der Waals surface area contributed by atoms with Gasteiger partial charge in [-0.15, -0.1) is 0 Å². The van der Waals surface area contributed by atoms with Gasteiger partial charge in [-0.2, -0.15) is 0 Å². The van der Waals surface area contributed by atoms with Gasteiger partial charge in [-0.1, -0.05) is 41.5 Å². The first-order chi connectivity index (χ1) is 13.4. The molecule has 156 valence electrons. The summed E-state index contributed by atoms with van der Waals surface area (Å²) in [6, 6.07) is 6.44. The summed E-state index contributed by atoms with van der Waals surface area (Å²) in [5.41, 5.74) is 1.07. The summed E-state index contributed by atoms with van der Waals surface area (Å²) in [7, 11) is 5.59. The highest BCUT2D eigenvalue weighted by molar-refractivity contribution is 7.80. The minimum absolute atomic E-state index is 0.252. The van der Waals surface area contributed by atoms with Crippen molar-refractivity contribution in [2.24, 2.45) is 0 Å². The summed E-state index contributed by atoms with van der Waals surface area (Å²) in [5.74, 6) is -0.533. The normalized spacial score (nSPS) is 25.0. The fourth-order valence-electron chi connectivity index (χ4n) is 4.60. The Balaban J connectivity index is 1.77. The minimum Gasteiger partial charge on any atom is -0.364 e. The van der Waals surface area contributed by atoms with Crippen LogP contribution in [0.3, 0.4) is 0 Å². The Morgan fingerprint density at radius 3 is 2.50 bits per heavy atom. The molecule has 1 heterocycles. The number of rotatable bonds is 6. The zero-order valence-corrected chi connectivity index (χ0v) is 19.2. The van der Waals surface area contributed by atoms with Crippen molar-refractivity contribution in [2.45, 2.75) is 56.4 Å². The van der Waals surface area contributed by atoms with Gasteiger partial charge >= 0.3 is 0 Å². The molecule has 28 heavy (non-hydrogen) atoms. The van der Waals surface area contributed by atoms with Gasteiger partial charge in [-0.25, -0.2) is 0 Å². The molecule has 1 saturated carbocycles. The second-order valence-corrected chi connectivity index (χ2v) is 9.16. The number of benzene rings is 1. The Kier molecular flexibility index (Phi) is 7.62. The van der Waals surface area contributed by atoms with E-state index in [1.54, 1.807) is 14.2 Å². The van der Waals surface area contributed by atoms with E-state index in [1.165, 1.54) is 25.9 Å². The van der Waals surface area contributed by atoms with Crippen molar-refractivity contribution in [1.82, 2.24) is 9.80 Å². The molecule has 1 aliphatic heterocycles. The standard InChI is InChI=1S/C21H30Cl2N2O2S/c1-24(20(28)13-15-6-7-16(22)17(23)12-15)19-14-21(26-2,27-3)9-8-18(19)25-10-4-5-11-25/h6-7,12,18-19H,4-5,8-11,13-14H2,1-3H3. The number of methoxy groups -OCH3 is 2. The second kappa shape index (κ2) is 9.59. The van der Waals surface area contributed by atoms with E-state index in [0.29, 0.717) is 22.5 Å². The summed E-state index contributed by atoms with van der Waals surface area (Å²) in [5, 5.41) is 1.13. The van der Waals surface area contributed by atoms with Crippen LogP contribution < -0.4 is 0 Å². The van der Waals surface area contributed by atoms with E-state index < -0.39 is 5.79 Å². The Hall–Kier alpha value is -0.430. The van der Waals surface area contributed by atoms with Gasteiger partial charge in [0.25, 0.3) is 0 Å². The molecule has 1 aromatic rings. The number of likely N-dealkylation sites (N-methyl/N-ethyl adjacent to an activating group) is 1. The van der Waals surface area contributed by atoms with Gasteiger partial charge in [0.2, 0.25) is 0 Å². The molecule has 0 amide bonds. The fourth-order valence-corrected chi connectivity index (χ4v) is 5.22. The van der Waals surface area contributed by atoms with Gasteiger partial charge in [-0.05, 0) is 50.0 Å². The number of nitrogens with zero attached hydrogens (tertiary/aromatic N) is 2. The largest absolute Gasteiger partial charge is 0.364 e. The van der Waals surface area contributed by atoms with Crippen molar-refractivity contribution >= 4 is 40.4 Å². The number of likely N-dealkylation sites (tertiary alicyclic amines) is 1. The predicted molar refractivity (Wildman–Crippen MR) is 120 cm³/mol. The van der Waals surface area contributed by atoms with Gasteiger partial charge in [0.1, 0.15) is 0 Å². The van der Waals surface area contributed by atoms with Crippen LogP contribution >= 0.6 is 35.4 Å². The molecule has 0 aromatic heterocycles. The first-order valence-corrected chi connectivity index (χ1v) is 11.1. The third kappa shape index (κ3) is 4.82. The average Bonchev–Trinajstić information content (AvgIpc) is 3.24. The molecule has 2 fully saturated rings. The molecule has 1 aromatic carbocycles. The number of thiocarbonyl (C=S) groups is 1. The van der Waals surface area contributed by atoms with Gasteiger partial charge in [-0.3, -0.25) is 4.90 Å². The summed E-state index contributed by atoms with van der Waals surface area (Å²) < 4.78 is 11.6. The maximum Gasteiger partial charge on any atom is 0.169 e. The Labute approximate surface area is 184 Å². The molecule has 1 aliphatic carbocycles. The SMILES string of the molecule is COC1(OC)CCC(N2CCCC2)C(N(C)C(=S)Cc2ccc(Cl)c(Cl)c2)C1. The van der Waals surface area contributed by atoms with Crippen molar-refractivity contribution in [1.29, 1.82) is 0 Å². The molecule has 0 spiro atoms. The Bertz CT molecular complexity index is 693. The fraction of sp³-hybridized carbons (Fsp3) is 0.667. The van der Waals surface area contributed by atoms with Crippen LogP contribution in [0.25, 0.3) is 0 Å². The molecule has 0 N–H and O–H groups in total. The van der Waals surface area contributed by atoms with E-state index in [1.807, 2.05) is 18.2 Å².